The summed E-state index contributed by atoms with van der Waals surface area (Å²) in [5.74, 6) is 1.67. The van der Waals surface area contributed by atoms with Crippen molar-refractivity contribution in [3.63, 3.8) is 0 Å². The molecule has 0 bridgehead atoms. The van der Waals surface area contributed by atoms with Crippen LogP contribution in [0.5, 0.6) is 0 Å². The number of carbonyl (C=O) groups is 1. The zero-order valence-electron chi connectivity index (χ0n) is 11.7. The van der Waals surface area contributed by atoms with Crippen molar-refractivity contribution in [3.8, 4) is 6.07 Å². The predicted molar refractivity (Wildman–Crippen MR) is 77.1 cm³/mol. The van der Waals surface area contributed by atoms with Crippen molar-refractivity contribution < 1.29 is 4.79 Å². The van der Waals surface area contributed by atoms with E-state index in [9.17, 15) is 4.79 Å². The third-order valence-corrected chi connectivity index (χ3v) is 4.84. The number of nitrogens with zero attached hydrogens (tertiary/aromatic N) is 2. The largest absolute Gasteiger partial charge is 0.338 e. The number of likely N-dealkylation sites (tertiary alicyclic amines) is 1. The third-order valence-electron chi connectivity index (χ3n) is 4.84. The molecule has 2 unspecified atom stereocenters. The van der Waals surface area contributed by atoms with Crippen molar-refractivity contribution in [2.75, 3.05) is 13.1 Å². The summed E-state index contributed by atoms with van der Waals surface area (Å²) in [5.41, 5.74) is 1.31. The van der Waals surface area contributed by atoms with E-state index in [2.05, 4.69) is 6.07 Å². The number of hydrogen-bond donors (Lipinski definition) is 0. The molecule has 0 spiro atoms. The van der Waals surface area contributed by atoms with Crippen molar-refractivity contribution in [2.45, 2.75) is 32.1 Å². The van der Waals surface area contributed by atoms with Crippen LogP contribution in [0.1, 0.15) is 48.0 Å². The predicted octanol–water partition coefficient (Wildman–Crippen LogP) is 3.21. The molecule has 1 aromatic rings. The Hall–Kier alpha value is -1.82. The molecule has 3 nitrogen and oxygen atoms in total. The molecule has 1 saturated carbocycles. The Morgan fingerprint density at radius 2 is 1.80 bits per heavy atom. The monoisotopic (exact) mass is 268 g/mol. The van der Waals surface area contributed by atoms with Gasteiger partial charge in [0.15, 0.2) is 0 Å². The van der Waals surface area contributed by atoms with Gasteiger partial charge in [-0.25, -0.2) is 0 Å². The molecule has 2 aliphatic rings. The van der Waals surface area contributed by atoms with E-state index in [0.717, 1.165) is 25.4 Å². The minimum atomic E-state index is 0.124. The Labute approximate surface area is 120 Å². The highest BCUT2D eigenvalue weighted by molar-refractivity contribution is 5.94. The Kier molecular flexibility index (Phi) is 3.73. The van der Waals surface area contributed by atoms with E-state index in [4.69, 9.17) is 5.26 Å². The van der Waals surface area contributed by atoms with Crippen molar-refractivity contribution in [3.05, 3.63) is 35.4 Å². The lowest BCUT2D eigenvalue weighted by Crippen LogP contribution is -2.44. The fraction of sp³-hybridized carbons (Fsp3) is 0.529. The van der Waals surface area contributed by atoms with Gasteiger partial charge in [0.1, 0.15) is 0 Å². The summed E-state index contributed by atoms with van der Waals surface area (Å²) in [4.78, 5) is 14.5. The molecule has 1 heterocycles. The minimum absolute atomic E-state index is 0.124. The highest BCUT2D eigenvalue weighted by Crippen LogP contribution is 2.36. The van der Waals surface area contributed by atoms with Gasteiger partial charge in [-0.1, -0.05) is 19.3 Å². The summed E-state index contributed by atoms with van der Waals surface area (Å²) >= 11 is 0. The van der Waals surface area contributed by atoms with E-state index in [1.54, 1.807) is 24.3 Å². The van der Waals surface area contributed by atoms with Gasteiger partial charge in [0.05, 0.1) is 11.6 Å². The molecule has 1 saturated heterocycles. The van der Waals surface area contributed by atoms with E-state index in [-0.39, 0.29) is 5.91 Å². The number of rotatable bonds is 1. The third kappa shape index (κ3) is 2.56. The summed E-state index contributed by atoms with van der Waals surface area (Å²) in [5, 5.41) is 8.80. The lowest BCUT2D eigenvalue weighted by atomic mass is 9.75. The van der Waals surface area contributed by atoms with Crippen LogP contribution in [-0.2, 0) is 0 Å². The molecule has 0 aromatic heterocycles. The molecule has 2 atom stereocenters. The number of piperidine rings is 1. The van der Waals surface area contributed by atoms with Gasteiger partial charge in [0.2, 0.25) is 0 Å². The second kappa shape index (κ2) is 5.66. The average molecular weight is 268 g/mol. The van der Waals surface area contributed by atoms with Crippen LogP contribution < -0.4 is 0 Å². The first kappa shape index (κ1) is 13.2. The van der Waals surface area contributed by atoms with E-state index in [1.807, 2.05) is 4.90 Å². The van der Waals surface area contributed by atoms with E-state index in [1.165, 1.54) is 25.7 Å². The smallest absolute Gasteiger partial charge is 0.253 e. The SMILES string of the molecule is N#Cc1ccc(C(=O)N2CCC3CCCCC3C2)cc1. The molecule has 1 amide bonds. The molecule has 0 radical (unpaired) electrons. The number of carbonyl (C=O) groups excluding carboxylic acids is 1. The van der Waals surface area contributed by atoms with Crippen LogP contribution in [0.3, 0.4) is 0 Å². The molecule has 2 fully saturated rings. The van der Waals surface area contributed by atoms with Gasteiger partial charge in [-0.05, 0) is 48.9 Å². The van der Waals surface area contributed by atoms with Gasteiger partial charge in [-0.3, -0.25) is 4.79 Å². The average Bonchev–Trinajstić information content (AvgIpc) is 2.54. The summed E-state index contributed by atoms with van der Waals surface area (Å²) in [7, 11) is 0. The maximum atomic E-state index is 12.5. The second-order valence-corrected chi connectivity index (χ2v) is 6.03. The molecular weight excluding hydrogens is 248 g/mol. The van der Waals surface area contributed by atoms with Crippen molar-refractivity contribution in [1.82, 2.24) is 4.90 Å². The Morgan fingerprint density at radius 1 is 1.10 bits per heavy atom. The maximum absolute atomic E-state index is 12.5. The lowest BCUT2D eigenvalue weighted by Gasteiger charge is -2.41. The first-order valence-electron chi connectivity index (χ1n) is 7.57. The summed E-state index contributed by atoms with van der Waals surface area (Å²) in [6, 6.07) is 9.07. The summed E-state index contributed by atoms with van der Waals surface area (Å²) in [6.07, 6.45) is 6.48. The first-order chi connectivity index (χ1) is 9.78. The normalized spacial score (nSPS) is 25.6. The fourth-order valence-electron chi connectivity index (χ4n) is 3.66. The molecule has 20 heavy (non-hydrogen) atoms. The van der Waals surface area contributed by atoms with E-state index < -0.39 is 0 Å². The Morgan fingerprint density at radius 3 is 2.50 bits per heavy atom. The zero-order valence-corrected chi connectivity index (χ0v) is 11.7. The fourth-order valence-corrected chi connectivity index (χ4v) is 3.66. The molecular formula is C17H20N2O. The topological polar surface area (TPSA) is 44.1 Å². The number of amides is 1. The molecule has 1 aromatic carbocycles. The molecule has 0 N–H and O–H groups in total. The number of nitriles is 1. The molecule has 1 aliphatic carbocycles. The van der Waals surface area contributed by atoms with Crippen molar-refractivity contribution >= 4 is 5.91 Å². The van der Waals surface area contributed by atoms with Crippen LogP contribution >= 0.6 is 0 Å². The van der Waals surface area contributed by atoms with Gasteiger partial charge >= 0.3 is 0 Å². The molecule has 1 aliphatic heterocycles. The Balaban J connectivity index is 1.69. The van der Waals surface area contributed by atoms with E-state index >= 15 is 0 Å². The number of fused-ring (bicyclic) bond motifs is 1. The lowest BCUT2D eigenvalue weighted by molar-refractivity contribution is 0.0521. The standard InChI is InChI=1S/C17H20N2O/c18-11-13-5-7-15(8-6-13)17(20)19-10-9-14-3-1-2-4-16(14)12-19/h5-8,14,16H,1-4,9-10,12H2. The van der Waals surface area contributed by atoms with Gasteiger partial charge < -0.3 is 4.90 Å². The van der Waals surface area contributed by atoms with Gasteiger partial charge in [0.25, 0.3) is 5.91 Å². The second-order valence-electron chi connectivity index (χ2n) is 6.03. The Bertz CT molecular complexity index is 529. The minimum Gasteiger partial charge on any atom is -0.338 e. The molecule has 3 rings (SSSR count). The van der Waals surface area contributed by atoms with Crippen LogP contribution in [0.25, 0.3) is 0 Å². The molecule has 104 valence electrons. The number of benzene rings is 1. The quantitative estimate of drug-likeness (QED) is 0.785. The summed E-state index contributed by atoms with van der Waals surface area (Å²) in [6.45, 7) is 1.81. The van der Waals surface area contributed by atoms with Crippen LogP contribution in [0.15, 0.2) is 24.3 Å². The first-order valence-corrected chi connectivity index (χ1v) is 7.57. The highest BCUT2D eigenvalue weighted by Gasteiger charge is 2.33. The maximum Gasteiger partial charge on any atom is 0.253 e. The molecule has 3 heteroatoms. The van der Waals surface area contributed by atoms with Gasteiger partial charge in [-0.15, -0.1) is 0 Å². The van der Waals surface area contributed by atoms with Crippen LogP contribution in [-0.4, -0.2) is 23.9 Å². The van der Waals surface area contributed by atoms with Gasteiger partial charge in [0, 0.05) is 18.7 Å². The van der Waals surface area contributed by atoms with Crippen molar-refractivity contribution in [2.24, 2.45) is 11.8 Å². The van der Waals surface area contributed by atoms with Crippen LogP contribution in [0, 0.1) is 23.2 Å². The number of hydrogen-bond acceptors (Lipinski definition) is 2. The van der Waals surface area contributed by atoms with Gasteiger partial charge in [-0.2, -0.15) is 5.26 Å². The zero-order chi connectivity index (χ0) is 13.9. The van der Waals surface area contributed by atoms with E-state index in [0.29, 0.717) is 17.0 Å². The van der Waals surface area contributed by atoms with Crippen LogP contribution in [0.2, 0.25) is 0 Å². The van der Waals surface area contributed by atoms with Crippen LogP contribution in [0.4, 0.5) is 0 Å². The van der Waals surface area contributed by atoms with Crippen molar-refractivity contribution in [1.29, 1.82) is 5.26 Å². The summed E-state index contributed by atoms with van der Waals surface area (Å²) < 4.78 is 0. The highest BCUT2D eigenvalue weighted by atomic mass is 16.2.